The van der Waals surface area contributed by atoms with Gasteiger partial charge in [0, 0.05) is 17.1 Å². The number of rotatable bonds is 5. The first-order chi connectivity index (χ1) is 16.1. The normalized spacial score (nSPS) is 21.1. The van der Waals surface area contributed by atoms with Gasteiger partial charge >= 0.3 is 5.97 Å². The van der Waals surface area contributed by atoms with E-state index in [1.54, 1.807) is 6.20 Å². The summed E-state index contributed by atoms with van der Waals surface area (Å²) in [5.41, 5.74) is 5.64. The molecule has 1 fully saturated rings. The maximum Gasteiger partial charge on any atom is 0.307 e. The zero-order valence-corrected chi connectivity index (χ0v) is 17.9. The highest BCUT2D eigenvalue weighted by atomic mass is 19.1. The Morgan fingerprint density at radius 2 is 1.85 bits per heavy atom. The van der Waals surface area contributed by atoms with Crippen LogP contribution in [0.1, 0.15) is 41.6 Å². The van der Waals surface area contributed by atoms with Crippen molar-refractivity contribution in [2.24, 2.45) is 5.92 Å². The highest BCUT2D eigenvalue weighted by Crippen LogP contribution is 2.48. The summed E-state index contributed by atoms with van der Waals surface area (Å²) in [5.74, 6) is -0.512. The molecule has 164 valence electrons. The third-order valence-corrected chi connectivity index (χ3v) is 6.91. The number of aliphatic carboxylic acids is 1. The maximum atomic E-state index is 15.0. The number of benzene rings is 3. The maximum absolute atomic E-state index is 15.0. The van der Waals surface area contributed by atoms with Gasteiger partial charge in [0.15, 0.2) is 0 Å². The summed E-state index contributed by atoms with van der Waals surface area (Å²) in [5, 5.41) is 10.2. The number of hydrogen-bond acceptors (Lipinski definition) is 3. The molecule has 0 saturated heterocycles. The van der Waals surface area contributed by atoms with E-state index in [-0.39, 0.29) is 23.8 Å². The molecular weight excluding hydrogens is 417 g/mol. The Labute approximate surface area is 190 Å². The van der Waals surface area contributed by atoms with E-state index in [4.69, 9.17) is 9.84 Å². The van der Waals surface area contributed by atoms with E-state index in [0.717, 1.165) is 39.6 Å². The average molecular weight is 439 g/mol. The molecule has 33 heavy (non-hydrogen) atoms. The van der Waals surface area contributed by atoms with Gasteiger partial charge in [-0.2, -0.15) is 0 Å². The third kappa shape index (κ3) is 3.44. The van der Waals surface area contributed by atoms with E-state index in [9.17, 15) is 4.79 Å². The fraction of sp³-hybridized carbons (Fsp3) is 0.214. The Balaban J connectivity index is 1.30. The number of carboxylic acids is 1. The van der Waals surface area contributed by atoms with Crippen molar-refractivity contribution >= 4 is 16.9 Å². The van der Waals surface area contributed by atoms with E-state index in [1.165, 1.54) is 6.07 Å². The van der Waals surface area contributed by atoms with Crippen LogP contribution in [-0.2, 0) is 11.2 Å². The van der Waals surface area contributed by atoms with Crippen LogP contribution in [-0.4, -0.2) is 16.1 Å². The van der Waals surface area contributed by atoms with Gasteiger partial charge < -0.3 is 9.84 Å². The minimum Gasteiger partial charge on any atom is -0.486 e. The van der Waals surface area contributed by atoms with E-state index >= 15 is 4.39 Å². The van der Waals surface area contributed by atoms with Gasteiger partial charge in [-0.1, -0.05) is 36.4 Å². The minimum absolute atomic E-state index is 0.0824. The molecule has 6 rings (SSSR count). The zero-order chi connectivity index (χ0) is 22.5. The molecular formula is C28H22FNO3. The van der Waals surface area contributed by atoms with Crippen LogP contribution in [0.5, 0.6) is 5.75 Å². The number of aromatic nitrogens is 1. The Hall–Kier alpha value is -3.73. The predicted molar refractivity (Wildman–Crippen MR) is 124 cm³/mol. The second kappa shape index (κ2) is 7.69. The van der Waals surface area contributed by atoms with Crippen molar-refractivity contribution in [3.63, 3.8) is 0 Å². The van der Waals surface area contributed by atoms with Gasteiger partial charge in [0.05, 0.1) is 11.4 Å². The number of ether oxygens (including phenoxy) is 1. The van der Waals surface area contributed by atoms with E-state index in [0.29, 0.717) is 24.2 Å². The Morgan fingerprint density at radius 3 is 2.64 bits per heavy atom. The molecule has 0 amide bonds. The summed E-state index contributed by atoms with van der Waals surface area (Å²) in [6, 6.07) is 21.0. The van der Waals surface area contributed by atoms with E-state index in [2.05, 4.69) is 11.1 Å². The molecule has 2 aliphatic carbocycles. The number of nitrogens with zero attached hydrogens (tertiary/aromatic N) is 1. The number of halogens is 1. The quantitative estimate of drug-likeness (QED) is 0.397. The van der Waals surface area contributed by atoms with Gasteiger partial charge in [-0.3, -0.25) is 9.78 Å². The van der Waals surface area contributed by atoms with Crippen molar-refractivity contribution < 1.29 is 19.0 Å². The monoisotopic (exact) mass is 439 g/mol. The summed E-state index contributed by atoms with van der Waals surface area (Å²) in [6.45, 7) is 0. The first-order valence-electron chi connectivity index (χ1n) is 11.2. The predicted octanol–water partition coefficient (Wildman–Crippen LogP) is 6.30. The Morgan fingerprint density at radius 1 is 1.00 bits per heavy atom. The molecule has 0 bridgehead atoms. The number of fused-ring (bicyclic) bond motifs is 2. The van der Waals surface area contributed by atoms with Crippen molar-refractivity contribution in [1.29, 1.82) is 0 Å². The lowest BCUT2D eigenvalue weighted by Gasteiger charge is -2.17. The van der Waals surface area contributed by atoms with Gasteiger partial charge in [0.1, 0.15) is 17.7 Å². The average Bonchev–Trinajstić information content (AvgIpc) is 3.54. The summed E-state index contributed by atoms with van der Waals surface area (Å²) >= 11 is 0. The fourth-order valence-electron chi connectivity index (χ4n) is 5.18. The van der Waals surface area contributed by atoms with Crippen LogP contribution in [0.2, 0.25) is 0 Å². The summed E-state index contributed by atoms with van der Waals surface area (Å²) in [6.07, 6.45) is 3.55. The van der Waals surface area contributed by atoms with Crippen LogP contribution in [0.15, 0.2) is 72.9 Å². The molecule has 1 saturated carbocycles. The van der Waals surface area contributed by atoms with Crippen LogP contribution in [0.3, 0.4) is 0 Å². The van der Waals surface area contributed by atoms with E-state index in [1.807, 2.05) is 54.6 Å². The third-order valence-electron chi connectivity index (χ3n) is 6.91. The van der Waals surface area contributed by atoms with Crippen molar-refractivity contribution in [2.45, 2.75) is 31.3 Å². The smallest absolute Gasteiger partial charge is 0.307 e. The van der Waals surface area contributed by atoms with Gasteiger partial charge in [-0.25, -0.2) is 4.39 Å². The zero-order valence-electron chi connectivity index (χ0n) is 17.9. The van der Waals surface area contributed by atoms with Crippen LogP contribution in [0, 0.1) is 11.7 Å². The fourth-order valence-corrected chi connectivity index (χ4v) is 5.18. The molecule has 5 heteroatoms. The Kier molecular flexibility index (Phi) is 4.64. The van der Waals surface area contributed by atoms with Gasteiger partial charge in [-0.15, -0.1) is 0 Å². The van der Waals surface area contributed by atoms with Crippen LogP contribution < -0.4 is 4.74 Å². The SMILES string of the molecule is O=C(O)[C@H]1CC1c1ccc(OC2CCc3c(-c4cccc5ncccc45)ccc(F)c32)cc1. The molecule has 0 aliphatic heterocycles. The molecule has 4 aromatic rings. The molecule has 1 heterocycles. The lowest BCUT2D eigenvalue weighted by molar-refractivity contribution is -0.138. The lowest BCUT2D eigenvalue weighted by atomic mass is 9.93. The number of carbonyl (C=O) groups is 1. The van der Waals surface area contributed by atoms with Crippen molar-refractivity contribution in [1.82, 2.24) is 4.98 Å². The first kappa shape index (κ1) is 19.9. The molecule has 3 aromatic carbocycles. The molecule has 2 aliphatic rings. The minimum atomic E-state index is -0.740. The molecule has 1 N–H and O–H groups in total. The van der Waals surface area contributed by atoms with Crippen LogP contribution >= 0.6 is 0 Å². The van der Waals surface area contributed by atoms with Crippen molar-refractivity contribution in [3.05, 3.63) is 95.4 Å². The lowest BCUT2D eigenvalue weighted by Crippen LogP contribution is -2.06. The molecule has 0 spiro atoms. The van der Waals surface area contributed by atoms with Gasteiger partial charge in [0.25, 0.3) is 0 Å². The number of carboxylic acid groups (broad SMARTS) is 1. The largest absolute Gasteiger partial charge is 0.486 e. The highest BCUT2D eigenvalue weighted by Gasteiger charge is 2.44. The first-order valence-corrected chi connectivity index (χ1v) is 11.2. The van der Waals surface area contributed by atoms with E-state index < -0.39 is 5.97 Å². The number of pyridine rings is 1. The molecule has 4 nitrogen and oxygen atoms in total. The standard InChI is InChI=1S/C28H22FNO3/c29-24-12-10-19(18-3-1-5-25-20(18)4-2-14-30-25)21-11-13-26(27(21)24)33-17-8-6-16(7-9-17)22-15-23(22)28(31)32/h1-10,12,14,22-23,26H,11,13,15H2,(H,31,32)/t22?,23-,26?/m0/s1. The molecule has 3 atom stereocenters. The molecule has 1 aromatic heterocycles. The molecule has 2 unspecified atom stereocenters. The number of hydrogen-bond donors (Lipinski definition) is 1. The second-order valence-electron chi connectivity index (χ2n) is 8.86. The van der Waals surface area contributed by atoms with Crippen LogP contribution in [0.4, 0.5) is 4.39 Å². The van der Waals surface area contributed by atoms with Crippen LogP contribution in [0.25, 0.3) is 22.0 Å². The van der Waals surface area contributed by atoms with Crippen molar-refractivity contribution in [3.8, 4) is 16.9 Å². The van der Waals surface area contributed by atoms with Gasteiger partial charge in [0.2, 0.25) is 0 Å². The van der Waals surface area contributed by atoms with Crippen molar-refractivity contribution in [2.75, 3.05) is 0 Å². The summed E-state index contributed by atoms with van der Waals surface area (Å²) in [4.78, 5) is 15.6. The highest BCUT2D eigenvalue weighted by molar-refractivity contribution is 5.95. The Bertz CT molecular complexity index is 1380. The summed E-state index contributed by atoms with van der Waals surface area (Å²) in [7, 11) is 0. The summed E-state index contributed by atoms with van der Waals surface area (Å²) < 4.78 is 21.2. The second-order valence-corrected chi connectivity index (χ2v) is 8.86. The van der Waals surface area contributed by atoms with Gasteiger partial charge in [-0.05, 0) is 77.8 Å². The molecule has 0 radical (unpaired) electrons. The topological polar surface area (TPSA) is 59.4 Å².